The molecule has 38 heavy (non-hydrogen) atoms. The zero-order valence-corrected chi connectivity index (χ0v) is 22.6. The van der Waals surface area contributed by atoms with Crippen LogP contribution < -0.4 is 5.32 Å². The third-order valence-corrected chi connectivity index (χ3v) is 8.88. The van der Waals surface area contributed by atoms with Crippen LogP contribution in [0.15, 0.2) is 58.5 Å². The highest BCUT2D eigenvalue weighted by Crippen LogP contribution is 2.37. The van der Waals surface area contributed by atoms with Crippen molar-refractivity contribution in [1.29, 1.82) is 0 Å². The number of amides is 2. The van der Waals surface area contributed by atoms with Crippen molar-refractivity contribution in [1.82, 2.24) is 20.1 Å². The molecule has 2 aromatic rings. The van der Waals surface area contributed by atoms with Crippen LogP contribution in [0, 0.1) is 5.92 Å². The zero-order chi connectivity index (χ0) is 26.8. The summed E-state index contributed by atoms with van der Waals surface area (Å²) in [6.45, 7) is 2.79. The zero-order valence-electron chi connectivity index (χ0n) is 21.8. The lowest BCUT2D eigenvalue weighted by molar-refractivity contribution is -0.129. The Kier molecular flexibility index (Phi) is 7.52. The number of rotatable bonds is 8. The lowest BCUT2D eigenvalue weighted by Gasteiger charge is -2.41. The molecule has 0 unspecified atom stereocenters. The van der Waals surface area contributed by atoms with E-state index in [-0.39, 0.29) is 16.7 Å². The van der Waals surface area contributed by atoms with Crippen molar-refractivity contribution in [3.8, 4) is 0 Å². The van der Waals surface area contributed by atoms with Crippen LogP contribution in [-0.2, 0) is 14.6 Å². The highest BCUT2D eigenvalue weighted by atomic mass is 32.2. The summed E-state index contributed by atoms with van der Waals surface area (Å²) in [5.41, 5.74) is 0.423. The van der Waals surface area contributed by atoms with Gasteiger partial charge in [-0.1, -0.05) is 18.9 Å². The van der Waals surface area contributed by atoms with Gasteiger partial charge in [0.2, 0.25) is 5.91 Å². The molecule has 3 fully saturated rings. The van der Waals surface area contributed by atoms with Crippen LogP contribution in [0.5, 0.6) is 0 Å². The summed E-state index contributed by atoms with van der Waals surface area (Å²) in [4.78, 5) is 40.0. The summed E-state index contributed by atoms with van der Waals surface area (Å²) in [6, 6.07) is 11.8. The Labute approximate surface area is 224 Å². The largest absolute Gasteiger partial charge is 0.354 e. The minimum absolute atomic E-state index is 0.00388. The van der Waals surface area contributed by atoms with Gasteiger partial charge in [0.05, 0.1) is 4.90 Å². The molecule has 1 aliphatic heterocycles. The molecule has 2 amide bonds. The van der Waals surface area contributed by atoms with Gasteiger partial charge in [0.25, 0.3) is 5.91 Å². The summed E-state index contributed by atoms with van der Waals surface area (Å²) < 4.78 is 23.5. The lowest BCUT2D eigenvalue weighted by atomic mass is 9.76. The number of nitrogens with one attached hydrogen (secondary N) is 1. The molecule has 10 heteroatoms. The number of hydrogen-bond donors (Lipinski definition) is 1. The molecule has 0 spiro atoms. The van der Waals surface area contributed by atoms with Gasteiger partial charge < -0.3 is 15.1 Å². The predicted molar refractivity (Wildman–Crippen MR) is 145 cm³/mol. The minimum Gasteiger partial charge on any atom is -0.354 e. The Morgan fingerprint density at radius 3 is 2.26 bits per heavy atom. The average molecular weight is 538 g/mol. The molecule has 2 aliphatic carbocycles. The van der Waals surface area contributed by atoms with Gasteiger partial charge in [-0.05, 0) is 68.0 Å². The van der Waals surface area contributed by atoms with Gasteiger partial charge in [0, 0.05) is 50.7 Å². The summed E-state index contributed by atoms with van der Waals surface area (Å²) in [6.07, 6.45) is 8.86. The molecule has 0 atom stereocenters. The Hall–Kier alpha value is -3.27. The van der Waals surface area contributed by atoms with Crippen LogP contribution in [0.25, 0.3) is 0 Å². The summed E-state index contributed by atoms with van der Waals surface area (Å²) in [5, 5.41) is 3.13. The van der Waals surface area contributed by atoms with Crippen LogP contribution >= 0.6 is 0 Å². The van der Waals surface area contributed by atoms with Crippen molar-refractivity contribution in [3.63, 3.8) is 0 Å². The number of aromatic nitrogens is 1. The molecule has 1 aromatic carbocycles. The number of pyridine rings is 1. The smallest absolute Gasteiger partial charge is 0.253 e. The molecule has 2 heterocycles. The number of amidine groups is 1. The number of carbonyl (C=O) groups excluding carboxylic acids is 2. The third kappa shape index (κ3) is 5.90. The predicted octanol–water partition coefficient (Wildman–Crippen LogP) is 2.53. The minimum atomic E-state index is -3.32. The van der Waals surface area contributed by atoms with Crippen molar-refractivity contribution in [2.24, 2.45) is 10.9 Å². The number of aliphatic imine (C=N–C) groups is 1. The highest BCUT2D eigenvalue weighted by molar-refractivity contribution is 7.90. The van der Waals surface area contributed by atoms with E-state index in [1.165, 1.54) is 25.0 Å². The molecule has 2 saturated carbocycles. The van der Waals surface area contributed by atoms with Crippen LogP contribution in [0.2, 0.25) is 0 Å². The third-order valence-electron chi connectivity index (χ3n) is 7.75. The molecule has 0 radical (unpaired) electrons. The number of hydrogen-bond acceptors (Lipinski definition) is 6. The van der Waals surface area contributed by atoms with Crippen LogP contribution in [0.3, 0.4) is 0 Å². The molecule has 1 aromatic heterocycles. The van der Waals surface area contributed by atoms with Crippen LogP contribution in [-0.4, -0.2) is 85.4 Å². The maximum absolute atomic E-state index is 13.2. The number of sulfone groups is 1. The van der Waals surface area contributed by atoms with Crippen molar-refractivity contribution in [3.05, 3.63) is 59.9 Å². The topological polar surface area (TPSA) is 112 Å². The Morgan fingerprint density at radius 1 is 1.03 bits per heavy atom. The highest BCUT2D eigenvalue weighted by Gasteiger charge is 2.45. The van der Waals surface area contributed by atoms with Gasteiger partial charge in [0.1, 0.15) is 11.2 Å². The average Bonchev–Trinajstić information content (AvgIpc) is 3.73. The van der Waals surface area contributed by atoms with Crippen LogP contribution in [0.1, 0.15) is 54.6 Å². The number of piperazine rings is 1. The number of benzene rings is 1. The van der Waals surface area contributed by atoms with E-state index in [9.17, 15) is 18.0 Å². The van der Waals surface area contributed by atoms with Crippen LogP contribution in [0.4, 0.5) is 0 Å². The van der Waals surface area contributed by atoms with Gasteiger partial charge in [-0.3, -0.25) is 14.6 Å². The maximum atomic E-state index is 13.2. The second-order valence-electron chi connectivity index (χ2n) is 10.6. The van der Waals surface area contributed by atoms with E-state index in [0.29, 0.717) is 44.1 Å². The first-order valence-electron chi connectivity index (χ1n) is 13.4. The van der Waals surface area contributed by atoms with E-state index in [0.717, 1.165) is 43.6 Å². The molecule has 1 saturated heterocycles. The number of nitrogens with zero attached hydrogens (tertiary/aromatic N) is 4. The Balaban J connectivity index is 1.30. The van der Waals surface area contributed by atoms with Crippen molar-refractivity contribution < 1.29 is 18.0 Å². The van der Waals surface area contributed by atoms with E-state index in [4.69, 9.17) is 4.99 Å². The van der Waals surface area contributed by atoms with E-state index in [2.05, 4.69) is 15.2 Å². The SMILES string of the molecule is CS(=O)(=O)c1ccc(C(=O)N2CCN(C(=NC3(C(=O)NCCC4CC4)CCC3)c3ccccn3)CC2)cc1. The normalized spacial score (nSPS) is 19.6. The first-order chi connectivity index (χ1) is 18.2. The van der Waals surface area contributed by atoms with Gasteiger partial charge in [-0.2, -0.15) is 0 Å². The molecule has 5 rings (SSSR count). The quantitative estimate of drug-likeness (QED) is 0.409. The van der Waals surface area contributed by atoms with E-state index < -0.39 is 15.4 Å². The molecule has 9 nitrogen and oxygen atoms in total. The summed E-state index contributed by atoms with van der Waals surface area (Å²) in [5.74, 6) is 1.33. The maximum Gasteiger partial charge on any atom is 0.253 e. The molecule has 202 valence electrons. The van der Waals surface area contributed by atoms with Gasteiger partial charge in [-0.15, -0.1) is 0 Å². The fraction of sp³-hybridized carbons (Fsp3) is 0.500. The Bertz CT molecular complexity index is 1290. The fourth-order valence-electron chi connectivity index (χ4n) is 5.00. The molecular weight excluding hydrogens is 502 g/mol. The molecule has 3 aliphatic rings. The monoisotopic (exact) mass is 537 g/mol. The lowest BCUT2D eigenvalue weighted by Crippen LogP contribution is -2.54. The van der Waals surface area contributed by atoms with Crippen molar-refractivity contribution in [2.75, 3.05) is 39.0 Å². The number of carbonyl (C=O) groups is 2. The van der Waals surface area contributed by atoms with Crippen molar-refractivity contribution in [2.45, 2.75) is 49.0 Å². The van der Waals surface area contributed by atoms with Gasteiger partial charge in [-0.25, -0.2) is 13.4 Å². The van der Waals surface area contributed by atoms with E-state index in [1.807, 2.05) is 18.2 Å². The second-order valence-corrected chi connectivity index (χ2v) is 12.6. The Morgan fingerprint density at radius 2 is 1.71 bits per heavy atom. The van der Waals surface area contributed by atoms with E-state index in [1.54, 1.807) is 23.2 Å². The summed E-state index contributed by atoms with van der Waals surface area (Å²) in [7, 11) is -3.32. The molecule has 0 bridgehead atoms. The van der Waals surface area contributed by atoms with Gasteiger partial charge >= 0.3 is 0 Å². The molecular formula is C28H35N5O4S. The fourth-order valence-corrected chi connectivity index (χ4v) is 5.63. The first kappa shape index (κ1) is 26.3. The van der Waals surface area contributed by atoms with Crippen molar-refractivity contribution >= 4 is 27.5 Å². The van der Waals surface area contributed by atoms with Gasteiger partial charge in [0.15, 0.2) is 15.7 Å². The standard InChI is InChI=1S/C28H35N5O4S/c1-38(36,37)23-10-8-22(9-11-23)26(34)33-19-17-32(18-20-33)25(24-5-2-3-15-29-24)31-28(13-4-14-28)27(35)30-16-12-21-6-7-21/h2-3,5,8-11,15,21H,4,6-7,12-14,16-20H2,1H3,(H,30,35). The second kappa shape index (κ2) is 10.8. The first-order valence-corrected chi connectivity index (χ1v) is 15.3. The molecule has 1 N–H and O–H groups in total. The van der Waals surface area contributed by atoms with E-state index >= 15 is 0 Å². The summed E-state index contributed by atoms with van der Waals surface area (Å²) >= 11 is 0.